The lowest BCUT2D eigenvalue weighted by Gasteiger charge is -2.07. The van der Waals surface area contributed by atoms with Crippen LogP contribution in [0.5, 0.6) is 0 Å². The molecule has 0 aliphatic carbocycles. The van der Waals surface area contributed by atoms with Gasteiger partial charge in [-0.15, -0.1) is 0 Å². The minimum Gasteiger partial charge on any atom is -0.342 e. The van der Waals surface area contributed by atoms with E-state index in [4.69, 9.17) is 23.2 Å². The lowest BCUT2D eigenvalue weighted by atomic mass is 10.1. The van der Waals surface area contributed by atoms with Crippen LogP contribution in [0.2, 0.25) is 10.0 Å². The molecule has 0 saturated carbocycles. The maximum atomic E-state index is 12.8. The molecule has 0 spiro atoms. The third kappa shape index (κ3) is 3.14. The Morgan fingerprint density at radius 1 is 1.04 bits per heavy atom. The molecule has 2 aromatic carbocycles. The largest absolute Gasteiger partial charge is 0.454 e. The van der Waals surface area contributed by atoms with Crippen molar-refractivity contribution in [2.75, 3.05) is 0 Å². The molecule has 0 N–H and O–H groups in total. The van der Waals surface area contributed by atoms with Gasteiger partial charge in [0.05, 0.1) is 15.6 Å². The number of hydrogen-bond donors (Lipinski definition) is 0. The lowest BCUT2D eigenvalue weighted by molar-refractivity contribution is -0.0884. The number of hydrogen-bond acceptors (Lipinski definition) is 1. The number of carbonyl (C=O) groups is 1. The first kappa shape index (κ1) is 16.9. The normalized spacial score (nSPS) is 11.9. The predicted octanol–water partition coefficient (Wildman–Crippen LogP) is 5.74. The van der Waals surface area contributed by atoms with Crippen molar-refractivity contribution >= 4 is 39.9 Å². The van der Waals surface area contributed by atoms with Crippen LogP contribution in [-0.2, 0) is 6.54 Å². The Morgan fingerprint density at radius 3 is 2.42 bits per heavy atom. The molecule has 0 aliphatic heterocycles. The zero-order valence-corrected chi connectivity index (χ0v) is 13.6. The van der Waals surface area contributed by atoms with E-state index >= 15 is 0 Å². The summed E-state index contributed by atoms with van der Waals surface area (Å²) in [5.41, 5.74) is 0.936. The monoisotopic (exact) mass is 371 g/mol. The van der Waals surface area contributed by atoms with E-state index in [9.17, 15) is 18.0 Å². The Hall–Kier alpha value is -1.98. The van der Waals surface area contributed by atoms with Crippen molar-refractivity contribution < 1.29 is 18.0 Å². The average Bonchev–Trinajstić information content (AvgIpc) is 2.88. The number of fused-ring (bicyclic) bond motifs is 1. The minimum atomic E-state index is -4.92. The number of Topliss-reactive ketones (excluding diaryl/α,β-unsaturated/α-hetero) is 1. The van der Waals surface area contributed by atoms with Crippen LogP contribution in [0.3, 0.4) is 0 Å². The van der Waals surface area contributed by atoms with E-state index in [1.165, 1.54) is 12.3 Å². The first-order valence-electron chi connectivity index (χ1n) is 6.90. The zero-order valence-electron chi connectivity index (χ0n) is 12.1. The number of nitrogens with zero attached hydrogens (tertiary/aromatic N) is 1. The van der Waals surface area contributed by atoms with Crippen molar-refractivity contribution in [3.63, 3.8) is 0 Å². The van der Waals surface area contributed by atoms with Gasteiger partial charge in [0.15, 0.2) is 0 Å². The molecule has 0 radical (unpaired) electrons. The SMILES string of the molecule is O=C(c1cn(Cc2ccc(Cl)c(Cl)c2)c2ccccc12)C(F)(F)F. The van der Waals surface area contributed by atoms with Crippen LogP contribution in [0.4, 0.5) is 13.2 Å². The Kier molecular flexibility index (Phi) is 4.32. The Morgan fingerprint density at radius 2 is 1.75 bits per heavy atom. The van der Waals surface area contributed by atoms with Crippen LogP contribution in [-0.4, -0.2) is 16.5 Å². The quantitative estimate of drug-likeness (QED) is 0.538. The van der Waals surface area contributed by atoms with Crippen molar-refractivity contribution in [3.05, 3.63) is 69.8 Å². The van der Waals surface area contributed by atoms with Crippen LogP contribution < -0.4 is 0 Å². The van der Waals surface area contributed by atoms with Crippen molar-refractivity contribution in [1.29, 1.82) is 0 Å². The molecule has 0 aliphatic rings. The molecule has 1 aromatic heterocycles. The fourth-order valence-electron chi connectivity index (χ4n) is 2.55. The molecular weight excluding hydrogens is 362 g/mol. The fraction of sp³-hybridized carbons (Fsp3) is 0.118. The number of rotatable bonds is 3. The van der Waals surface area contributed by atoms with Crippen LogP contribution in [0.15, 0.2) is 48.7 Å². The highest BCUT2D eigenvalue weighted by Crippen LogP contribution is 2.30. The van der Waals surface area contributed by atoms with Crippen molar-refractivity contribution in [2.45, 2.75) is 12.7 Å². The van der Waals surface area contributed by atoms with E-state index in [0.29, 0.717) is 15.6 Å². The van der Waals surface area contributed by atoms with Crippen molar-refractivity contribution in [1.82, 2.24) is 4.57 Å². The molecule has 3 rings (SSSR count). The first-order chi connectivity index (χ1) is 11.3. The molecule has 7 heteroatoms. The van der Waals surface area contributed by atoms with Gasteiger partial charge in [0.2, 0.25) is 0 Å². The van der Waals surface area contributed by atoms with E-state index < -0.39 is 12.0 Å². The molecule has 1 heterocycles. The smallest absolute Gasteiger partial charge is 0.342 e. The summed E-state index contributed by atoms with van der Waals surface area (Å²) in [4.78, 5) is 11.7. The number of para-hydroxylation sites is 1. The summed E-state index contributed by atoms with van der Waals surface area (Å²) in [6.07, 6.45) is -3.69. The molecule has 2 nitrogen and oxygen atoms in total. The second-order valence-corrected chi connectivity index (χ2v) is 6.08. The van der Waals surface area contributed by atoms with E-state index in [2.05, 4.69) is 0 Å². The minimum absolute atomic E-state index is 0.264. The summed E-state index contributed by atoms with van der Waals surface area (Å²) in [7, 11) is 0. The summed E-state index contributed by atoms with van der Waals surface area (Å²) in [5, 5.41) is 1.02. The van der Waals surface area contributed by atoms with E-state index in [1.54, 1.807) is 41.0 Å². The summed E-state index contributed by atoms with van der Waals surface area (Å²) in [6, 6.07) is 11.5. The summed E-state index contributed by atoms with van der Waals surface area (Å²) < 4.78 is 40.0. The Bertz CT molecular complexity index is 931. The van der Waals surface area contributed by atoms with E-state index in [1.807, 2.05) is 0 Å². The fourth-order valence-corrected chi connectivity index (χ4v) is 2.87. The van der Waals surface area contributed by atoms with Crippen molar-refractivity contribution in [3.8, 4) is 0 Å². The molecule has 24 heavy (non-hydrogen) atoms. The first-order valence-corrected chi connectivity index (χ1v) is 7.66. The number of halogens is 5. The summed E-state index contributed by atoms with van der Waals surface area (Å²) >= 11 is 11.8. The maximum Gasteiger partial charge on any atom is 0.454 e. The maximum absolute atomic E-state index is 12.8. The topological polar surface area (TPSA) is 22.0 Å². The summed E-state index contributed by atoms with van der Waals surface area (Å²) in [5.74, 6) is -1.86. The molecular formula is C17H10Cl2F3NO. The molecule has 0 atom stereocenters. The molecule has 0 amide bonds. The molecule has 0 bridgehead atoms. The second kappa shape index (κ2) is 6.15. The van der Waals surface area contributed by atoms with Crippen LogP contribution in [0.25, 0.3) is 10.9 Å². The zero-order chi connectivity index (χ0) is 17.5. The number of carbonyl (C=O) groups excluding carboxylic acids is 1. The van der Waals surface area contributed by atoms with E-state index in [0.717, 1.165) is 5.56 Å². The lowest BCUT2D eigenvalue weighted by Crippen LogP contribution is -2.22. The standard InChI is InChI=1S/C17H10Cl2F3NO/c18-13-6-5-10(7-14(13)19)8-23-9-12(16(24)17(20,21)22)11-3-1-2-4-15(11)23/h1-7,9H,8H2. The van der Waals surface area contributed by atoms with Gasteiger partial charge < -0.3 is 4.57 Å². The molecule has 124 valence electrons. The third-order valence-electron chi connectivity index (χ3n) is 3.63. The Balaban J connectivity index is 2.08. The van der Waals surface area contributed by atoms with Gasteiger partial charge in [-0.2, -0.15) is 13.2 Å². The molecule has 0 fully saturated rings. The van der Waals surface area contributed by atoms with Gasteiger partial charge in [-0.3, -0.25) is 4.79 Å². The second-order valence-electron chi connectivity index (χ2n) is 5.26. The van der Waals surface area contributed by atoms with Gasteiger partial charge >= 0.3 is 6.18 Å². The van der Waals surface area contributed by atoms with Gasteiger partial charge in [-0.05, 0) is 23.8 Å². The number of benzene rings is 2. The molecule has 0 unspecified atom stereocenters. The van der Waals surface area contributed by atoms with E-state index in [-0.39, 0.29) is 17.5 Å². The van der Waals surface area contributed by atoms with Crippen LogP contribution >= 0.6 is 23.2 Å². The van der Waals surface area contributed by atoms with Gasteiger partial charge in [0, 0.05) is 23.6 Å². The van der Waals surface area contributed by atoms with Crippen LogP contribution in [0, 0.1) is 0 Å². The van der Waals surface area contributed by atoms with Gasteiger partial charge in [-0.1, -0.05) is 47.5 Å². The molecule has 0 saturated heterocycles. The highest BCUT2D eigenvalue weighted by Gasteiger charge is 2.40. The number of alkyl halides is 3. The van der Waals surface area contributed by atoms with Crippen molar-refractivity contribution in [2.24, 2.45) is 0 Å². The van der Waals surface area contributed by atoms with Gasteiger partial charge in [-0.25, -0.2) is 0 Å². The van der Waals surface area contributed by atoms with Crippen LogP contribution in [0.1, 0.15) is 15.9 Å². The third-order valence-corrected chi connectivity index (χ3v) is 4.37. The highest BCUT2D eigenvalue weighted by atomic mass is 35.5. The summed E-state index contributed by atoms with van der Waals surface area (Å²) in [6.45, 7) is 0.266. The van der Waals surface area contributed by atoms with Gasteiger partial charge in [0.1, 0.15) is 0 Å². The Labute approximate surface area is 145 Å². The number of ketones is 1. The average molecular weight is 372 g/mol. The number of aromatic nitrogens is 1. The van der Waals surface area contributed by atoms with Gasteiger partial charge in [0.25, 0.3) is 5.78 Å². The predicted molar refractivity (Wildman–Crippen MR) is 87.9 cm³/mol. The highest BCUT2D eigenvalue weighted by molar-refractivity contribution is 6.42. The molecule has 3 aromatic rings.